The number of rotatable bonds is 7. The average molecular weight is 288 g/mol. The Kier molecular flexibility index (Phi) is 5.98. The molecule has 4 nitrogen and oxygen atoms in total. The highest BCUT2D eigenvalue weighted by atomic mass is 32.2. The molecule has 0 amide bonds. The van der Waals surface area contributed by atoms with Crippen molar-refractivity contribution in [2.75, 3.05) is 23.9 Å². The molecule has 0 spiro atoms. The molecule has 0 bridgehead atoms. The van der Waals surface area contributed by atoms with Gasteiger partial charge in [-0.15, -0.1) is 0 Å². The summed E-state index contributed by atoms with van der Waals surface area (Å²) in [6, 6.07) is 7.19. The van der Waals surface area contributed by atoms with E-state index < -0.39 is 10.0 Å². The van der Waals surface area contributed by atoms with Crippen molar-refractivity contribution in [1.29, 1.82) is 0 Å². The molecule has 0 saturated heterocycles. The van der Waals surface area contributed by atoms with Gasteiger partial charge in [0.1, 0.15) is 4.90 Å². The van der Waals surface area contributed by atoms with Gasteiger partial charge in [0.05, 0.1) is 5.69 Å². The van der Waals surface area contributed by atoms with E-state index in [-0.39, 0.29) is 6.04 Å². The molecule has 102 valence electrons. The molecule has 1 aromatic carbocycles. The molecule has 1 unspecified atom stereocenters. The van der Waals surface area contributed by atoms with Crippen LogP contribution in [0.5, 0.6) is 0 Å². The van der Waals surface area contributed by atoms with Crippen molar-refractivity contribution < 1.29 is 8.42 Å². The van der Waals surface area contributed by atoms with E-state index >= 15 is 0 Å². The number of thioether (sulfide) groups is 1. The molecule has 1 rings (SSSR count). The van der Waals surface area contributed by atoms with Crippen LogP contribution in [0.15, 0.2) is 29.2 Å². The third-order valence-corrected chi connectivity index (χ3v) is 4.77. The third kappa shape index (κ3) is 4.19. The lowest BCUT2D eigenvalue weighted by Gasteiger charge is -2.17. The van der Waals surface area contributed by atoms with Crippen molar-refractivity contribution in [2.24, 2.45) is 0 Å². The van der Waals surface area contributed by atoms with Gasteiger partial charge >= 0.3 is 0 Å². The van der Waals surface area contributed by atoms with Crippen LogP contribution in [-0.4, -0.2) is 33.0 Å². The number of hydrogen-bond acceptors (Lipinski definition) is 4. The number of sulfonamides is 1. The third-order valence-electron chi connectivity index (χ3n) is 2.33. The molecule has 1 aromatic rings. The summed E-state index contributed by atoms with van der Waals surface area (Å²) in [4.78, 5) is 0.305. The first-order valence-electron chi connectivity index (χ1n) is 5.85. The summed E-state index contributed by atoms with van der Waals surface area (Å²) >= 11 is 1.73. The fourth-order valence-electron chi connectivity index (χ4n) is 1.65. The predicted octanol–water partition coefficient (Wildman–Crippen LogP) is 2.15. The summed E-state index contributed by atoms with van der Waals surface area (Å²) in [6.45, 7) is 4.19. The quantitative estimate of drug-likeness (QED) is 0.807. The molecule has 0 aliphatic rings. The van der Waals surface area contributed by atoms with Crippen molar-refractivity contribution in [3.8, 4) is 0 Å². The van der Waals surface area contributed by atoms with Gasteiger partial charge in [0.25, 0.3) is 0 Å². The summed E-state index contributed by atoms with van der Waals surface area (Å²) in [6.07, 6.45) is 2.03. The Bertz CT molecular complexity index is 475. The molecular formula is C12H20N2O2S2. The fourth-order valence-corrected chi connectivity index (χ4v) is 3.44. The van der Waals surface area contributed by atoms with E-state index in [1.165, 1.54) is 0 Å². The molecule has 18 heavy (non-hydrogen) atoms. The molecule has 6 heteroatoms. The maximum atomic E-state index is 12.0. The minimum atomic E-state index is -3.42. The zero-order valence-corrected chi connectivity index (χ0v) is 12.6. The highest BCUT2D eigenvalue weighted by Crippen LogP contribution is 2.21. The van der Waals surface area contributed by atoms with Gasteiger partial charge in [-0.25, -0.2) is 13.1 Å². The first-order chi connectivity index (χ1) is 8.51. The number of benzene rings is 1. The normalized spacial score (nSPS) is 13.3. The van der Waals surface area contributed by atoms with Crippen LogP contribution in [0.3, 0.4) is 0 Å². The van der Waals surface area contributed by atoms with Crippen molar-refractivity contribution in [2.45, 2.75) is 24.8 Å². The van der Waals surface area contributed by atoms with E-state index in [4.69, 9.17) is 0 Å². The molecule has 0 aliphatic carbocycles. The van der Waals surface area contributed by atoms with Crippen LogP contribution in [0.1, 0.15) is 13.8 Å². The number of anilines is 1. The first kappa shape index (κ1) is 15.3. The van der Waals surface area contributed by atoms with Gasteiger partial charge in [-0.1, -0.05) is 19.1 Å². The lowest BCUT2D eigenvalue weighted by molar-refractivity contribution is 0.584. The molecule has 0 radical (unpaired) electrons. The molecule has 0 heterocycles. The molecule has 0 aromatic heterocycles. The number of para-hydroxylation sites is 1. The van der Waals surface area contributed by atoms with Crippen molar-refractivity contribution in [3.05, 3.63) is 24.3 Å². The monoisotopic (exact) mass is 288 g/mol. The summed E-state index contributed by atoms with van der Waals surface area (Å²) in [7, 11) is -3.42. The lowest BCUT2D eigenvalue weighted by Crippen LogP contribution is -2.26. The standard InChI is InChI=1S/C12H20N2O2S2/c1-4-13-18(15,16)12-8-6-5-7-11(12)14-10(2)9-17-3/h5-8,10,13-14H,4,9H2,1-3H3. The summed E-state index contributed by atoms with van der Waals surface area (Å²) in [5.41, 5.74) is 0.653. The summed E-state index contributed by atoms with van der Waals surface area (Å²) in [5.74, 6) is 0.926. The Hall–Kier alpha value is -0.720. The van der Waals surface area contributed by atoms with Crippen LogP contribution < -0.4 is 10.0 Å². The highest BCUT2D eigenvalue weighted by molar-refractivity contribution is 7.98. The molecule has 2 N–H and O–H groups in total. The molecule has 0 aliphatic heterocycles. The molecule has 1 atom stereocenters. The predicted molar refractivity (Wildman–Crippen MR) is 78.8 cm³/mol. The van der Waals surface area contributed by atoms with Crippen LogP contribution in [0.2, 0.25) is 0 Å². The smallest absolute Gasteiger partial charge is 0.242 e. The highest BCUT2D eigenvalue weighted by Gasteiger charge is 2.17. The van der Waals surface area contributed by atoms with E-state index in [1.54, 1.807) is 36.9 Å². The van der Waals surface area contributed by atoms with Crippen LogP contribution in [0.25, 0.3) is 0 Å². The topological polar surface area (TPSA) is 58.2 Å². The average Bonchev–Trinajstić information content (AvgIpc) is 2.29. The van der Waals surface area contributed by atoms with Crippen molar-refractivity contribution in [1.82, 2.24) is 4.72 Å². The Balaban J connectivity index is 3.00. The minimum absolute atomic E-state index is 0.220. The van der Waals surface area contributed by atoms with E-state index in [0.717, 1.165) is 5.75 Å². The molecule has 0 fully saturated rings. The fraction of sp³-hybridized carbons (Fsp3) is 0.500. The zero-order chi connectivity index (χ0) is 13.6. The Morgan fingerprint density at radius 2 is 2.00 bits per heavy atom. The zero-order valence-electron chi connectivity index (χ0n) is 10.9. The van der Waals surface area contributed by atoms with Crippen molar-refractivity contribution in [3.63, 3.8) is 0 Å². The first-order valence-corrected chi connectivity index (χ1v) is 8.73. The maximum Gasteiger partial charge on any atom is 0.242 e. The lowest BCUT2D eigenvalue weighted by atomic mass is 10.3. The number of nitrogens with one attached hydrogen (secondary N) is 2. The van der Waals surface area contributed by atoms with E-state index in [0.29, 0.717) is 17.1 Å². The maximum absolute atomic E-state index is 12.0. The van der Waals surface area contributed by atoms with Crippen LogP contribution in [-0.2, 0) is 10.0 Å². The molecular weight excluding hydrogens is 268 g/mol. The van der Waals surface area contributed by atoms with Crippen molar-refractivity contribution >= 4 is 27.5 Å². The largest absolute Gasteiger partial charge is 0.381 e. The van der Waals surface area contributed by atoms with Gasteiger partial charge in [0.2, 0.25) is 10.0 Å². The SMILES string of the molecule is CCNS(=O)(=O)c1ccccc1NC(C)CSC. The van der Waals surface area contributed by atoms with Gasteiger partial charge in [-0.3, -0.25) is 0 Å². The minimum Gasteiger partial charge on any atom is -0.381 e. The van der Waals surface area contributed by atoms with Crippen LogP contribution >= 0.6 is 11.8 Å². The van der Waals surface area contributed by atoms with Crippen LogP contribution in [0, 0.1) is 0 Å². The molecule has 0 saturated carbocycles. The number of hydrogen-bond donors (Lipinski definition) is 2. The van der Waals surface area contributed by atoms with Gasteiger partial charge in [-0.05, 0) is 25.3 Å². The van der Waals surface area contributed by atoms with Gasteiger partial charge < -0.3 is 5.32 Å². The summed E-state index contributed by atoms with van der Waals surface area (Å²) < 4.78 is 26.6. The van der Waals surface area contributed by atoms with E-state index in [2.05, 4.69) is 10.0 Å². The Morgan fingerprint density at radius 3 is 2.61 bits per heavy atom. The van der Waals surface area contributed by atoms with Gasteiger partial charge in [0, 0.05) is 18.3 Å². The van der Waals surface area contributed by atoms with E-state index in [9.17, 15) is 8.42 Å². The summed E-state index contributed by atoms with van der Waals surface area (Å²) in [5, 5.41) is 3.24. The second-order valence-corrected chi connectivity index (χ2v) is 6.64. The second-order valence-electron chi connectivity index (χ2n) is 4.00. The Morgan fingerprint density at radius 1 is 1.33 bits per heavy atom. The van der Waals surface area contributed by atoms with E-state index in [1.807, 2.05) is 19.2 Å². The second kappa shape index (κ2) is 7.01. The van der Waals surface area contributed by atoms with Crippen LogP contribution in [0.4, 0.5) is 5.69 Å². The Labute approximate surface area is 114 Å². The van der Waals surface area contributed by atoms with Gasteiger partial charge in [0.15, 0.2) is 0 Å². The van der Waals surface area contributed by atoms with Gasteiger partial charge in [-0.2, -0.15) is 11.8 Å².